The van der Waals surface area contributed by atoms with Crippen molar-refractivity contribution >= 4 is 16.9 Å². The van der Waals surface area contributed by atoms with Gasteiger partial charge in [0.1, 0.15) is 34.0 Å². The molecule has 0 bridgehead atoms. The van der Waals surface area contributed by atoms with Crippen LogP contribution in [0.2, 0.25) is 0 Å². The summed E-state index contributed by atoms with van der Waals surface area (Å²) in [6.45, 7) is 1.29. The first-order valence-corrected chi connectivity index (χ1v) is 7.50. The number of esters is 1. The van der Waals surface area contributed by atoms with Crippen molar-refractivity contribution in [2.24, 2.45) is 0 Å². The first-order chi connectivity index (χ1) is 12.0. The number of hydrogen-bond acceptors (Lipinski definition) is 6. The van der Waals surface area contributed by atoms with Crippen LogP contribution in [0.3, 0.4) is 0 Å². The molecule has 0 amide bonds. The van der Waals surface area contributed by atoms with Gasteiger partial charge in [-0.1, -0.05) is 0 Å². The van der Waals surface area contributed by atoms with Crippen LogP contribution in [0, 0.1) is 0 Å². The Hall–Kier alpha value is -3.28. The van der Waals surface area contributed by atoms with Crippen LogP contribution in [0.4, 0.5) is 0 Å². The van der Waals surface area contributed by atoms with Gasteiger partial charge in [-0.2, -0.15) is 0 Å². The van der Waals surface area contributed by atoms with Crippen LogP contribution < -0.4 is 19.6 Å². The number of ether oxygens (including phenoxy) is 3. The van der Waals surface area contributed by atoms with Crippen molar-refractivity contribution in [1.82, 2.24) is 0 Å². The van der Waals surface area contributed by atoms with Crippen molar-refractivity contribution in [3.63, 3.8) is 0 Å². The maximum atomic E-state index is 12.5. The normalized spacial score (nSPS) is 10.5. The largest absolute Gasteiger partial charge is 0.497 e. The van der Waals surface area contributed by atoms with Gasteiger partial charge in [-0.25, -0.2) is 0 Å². The highest BCUT2D eigenvalue weighted by atomic mass is 16.5. The number of benzene rings is 2. The molecule has 0 aliphatic heterocycles. The van der Waals surface area contributed by atoms with Gasteiger partial charge in [0.2, 0.25) is 0 Å². The molecule has 3 aromatic rings. The highest BCUT2D eigenvalue weighted by Gasteiger charge is 2.14. The van der Waals surface area contributed by atoms with Crippen LogP contribution in [0.1, 0.15) is 6.92 Å². The van der Waals surface area contributed by atoms with Crippen LogP contribution >= 0.6 is 0 Å². The second-order valence-electron chi connectivity index (χ2n) is 5.30. The highest BCUT2D eigenvalue weighted by molar-refractivity contribution is 5.87. The Labute approximate surface area is 143 Å². The highest BCUT2D eigenvalue weighted by Crippen LogP contribution is 2.32. The lowest BCUT2D eigenvalue weighted by Crippen LogP contribution is -2.05. The zero-order valence-corrected chi connectivity index (χ0v) is 14.0. The number of rotatable bonds is 4. The van der Waals surface area contributed by atoms with E-state index in [1.165, 1.54) is 32.2 Å². The minimum Gasteiger partial charge on any atom is -0.497 e. The van der Waals surface area contributed by atoms with E-state index in [4.69, 9.17) is 18.6 Å². The molecule has 2 aromatic carbocycles. The second kappa shape index (κ2) is 6.68. The standard InChI is InChI=1S/C19H16O6/c1-11(20)24-14-8-17(23-3)19-15(21)10-16(25-18(19)9-14)12-4-6-13(22-2)7-5-12/h4-10H,1-3H3. The zero-order chi connectivity index (χ0) is 18.0. The molecule has 6 heteroatoms. The van der Waals surface area contributed by atoms with E-state index in [-0.39, 0.29) is 27.9 Å². The number of carbonyl (C=O) groups excluding carboxylic acids is 1. The van der Waals surface area contributed by atoms with Gasteiger partial charge in [0.25, 0.3) is 0 Å². The van der Waals surface area contributed by atoms with Crippen molar-refractivity contribution in [3.8, 4) is 28.6 Å². The predicted molar refractivity (Wildman–Crippen MR) is 92.3 cm³/mol. The molecule has 0 saturated heterocycles. The van der Waals surface area contributed by atoms with E-state index in [9.17, 15) is 9.59 Å². The summed E-state index contributed by atoms with van der Waals surface area (Å²) in [4.78, 5) is 23.7. The van der Waals surface area contributed by atoms with Gasteiger partial charge in [-0.05, 0) is 24.3 Å². The fourth-order valence-corrected chi connectivity index (χ4v) is 2.51. The number of fused-ring (bicyclic) bond motifs is 1. The van der Waals surface area contributed by atoms with Crippen LogP contribution in [0.25, 0.3) is 22.3 Å². The van der Waals surface area contributed by atoms with Crippen molar-refractivity contribution in [2.75, 3.05) is 14.2 Å². The third-order valence-electron chi connectivity index (χ3n) is 3.62. The number of carbonyl (C=O) groups is 1. The molecule has 0 radical (unpaired) electrons. The van der Waals surface area contributed by atoms with E-state index in [2.05, 4.69) is 0 Å². The number of hydrogen-bond donors (Lipinski definition) is 0. The van der Waals surface area contributed by atoms with Crippen LogP contribution in [-0.2, 0) is 4.79 Å². The van der Waals surface area contributed by atoms with E-state index in [0.717, 1.165) is 5.56 Å². The summed E-state index contributed by atoms with van der Waals surface area (Å²) in [6, 6.07) is 11.5. The molecule has 0 N–H and O–H groups in total. The summed E-state index contributed by atoms with van der Waals surface area (Å²) in [7, 11) is 3.01. The first kappa shape index (κ1) is 16.6. The topological polar surface area (TPSA) is 75.0 Å². The summed E-state index contributed by atoms with van der Waals surface area (Å²) in [6.07, 6.45) is 0. The molecular weight excluding hydrogens is 324 g/mol. The quantitative estimate of drug-likeness (QED) is 0.535. The van der Waals surface area contributed by atoms with Gasteiger partial charge in [0.15, 0.2) is 5.43 Å². The molecule has 6 nitrogen and oxygen atoms in total. The van der Waals surface area contributed by atoms with E-state index < -0.39 is 5.97 Å². The van der Waals surface area contributed by atoms with Crippen molar-refractivity contribution in [3.05, 3.63) is 52.7 Å². The van der Waals surface area contributed by atoms with E-state index in [1.54, 1.807) is 31.4 Å². The molecular formula is C19H16O6. The van der Waals surface area contributed by atoms with Crippen LogP contribution in [-0.4, -0.2) is 20.2 Å². The SMILES string of the molecule is COc1ccc(-c2cc(=O)c3c(OC)cc(OC(C)=O)cc3o2)cc1. The Bertz CT molecular complexity index is 985. The van der Waals surface area contributed by atoms with Gasteiger partial charge in [-0.3, -0.25) is 9.59 Å². The lowest BCUT2D eigenvalue weighted by Gasteiger charge is -2.09. The Morgan fingerprint density at radius 2 is 1.68 bits per heavy atom. The van der Waals surface area contributed by atoms with Crippen molar-refractivity contribution in [1.29, 1.82) is 0 Å². The Morgan fingerprint density at radius 1 is 0.960 bits per heavy atom. The summed E-state index contributed by atoms with van der Waals surface area (Å²) >= 11 is 0. The molecule has 1 heterocycles. The van der Waals surface area contributed by atoms with Gasteiger partial charge in [0.05, 0.1) is 14.2 Å². The fourth-order valence-electron chi connectivity index (χ4n) is 2.51. The molecule has 0 aliphatic rings. The van der Waals surface area contributed by atoms with Gasteiger partial charge in [-0.15, -0.1) is 0 Å². The Balaban J connectivity index is 2.19. The summed E-state index contributed by atoms with van der Waals surface area (Å²) in [5.74, 6) is 1.14. The third kappa shape index (κ3) is 3.33. The average molecular weight is 340 g/mol. The smallest absolute Gasteiger partial charge is 0.308 e. The third-order valence-corrected chi connectivity index (χ3v) is 3.62. The monoisotopic (exact) mass is 340 g/mol. The Morgan fingerprint density at radius 3 is 2.28 bits per heavy atom. The molecule has 1 aromatic heterocycles. The Kier molecular flexibility index (Phi) is 4.43. The zero-order valence-electron chi connectivity index (χ0n) is 14.0. The number of methoxy groups -OCH3 is 2. The molecule has 128 valence electrons. The molecule has 0 unspecified atom stereocenters. The predicted octanol–water partition coefficient (Wildman–Crippen LogP) is 3.40. The molecule has 3 rings (SSSR count). The van der Waals surface area contributed by atoms with Gasteiger partial charge in [0, 0.05) is 30.7 Å². The van der Waals surface area contributed by atoms with Crippen molar-refractivity contribution < 1.29 is 23.4 Å². The lowest BCUT2D eigenvalue weighted by molar-refractivity contribution is -0.131. The van der Waals surface area contributed by atoms with Crippen LogP contribution in [0.5, 0.6) is 17.2 Å². The maximum absolute atomic E-state index is 12.5. The maximum Gasteiger partial charge on any atom is 0.308 e. The summed E-state index contributed by atoms with van der Waals surface area (Å²) in [5, 5.41) is 0.288. The molecule has 0 aliphatic carbocycles. The summed E-state index contributed by atoms with van der Waals surface area (Å²) < 4.78 is 21.3. The summed E-state index contributed by atoms with van der Waals surface area (Å²) in [5.41, 5.74) is 0.740. The minimum atomic E-state index is -0.477. The molecule has 25 heavy (non-hydrogen) atoms. The second-order valence-corrected chi connectivity index (χ2v) is 5.30. The molecule has 0 atom stereocenters. The first-order valence-electron chi connectivity index (χ1n) is 7.50. The van der Waals surface area contributed by atoms with Gasteiger partial charge < -0.3 is 18.6 Å². The van der Waals surface area contributed by atoms with E-state index >= 15 is 0 Å². The average Bonchev–Trinajstić information content (AvgIpc) is 2.60. The molecule has 0 saturated carbocycles. The minimum absolute atomic E-state index is 0.242. The van der Waals surface area contributed by atoms with E-state index in [1.807, 2.05) is 0 Å². The van der Waals surface area contributed by atoms with Crippen molar-refractivity contribution in [2.45, 2.75) is 6.92 Å². The lowest BCUT2D eigenvalue weighted by atomic mass is 10.1. The van der Waals surface area contributed by atoms with Crippen LogP contribution in [0.15, 0.2) is 51.7 Å². The molecule has 0 fully saturated rings. The fraction of sp³-hybridized carbons (Fsp3) is 0.158. The van der Waals surface area contributed by atoms with Gasteiger partial charge >= 0.3 is 5.97 Å². The molecule has 0 spiro atoms. The van der Waals surface area contributed by atoms with E-state index in [0.29, 0.717) is 11.5 Å².